The molecule has 2 rings (SSSR count). The van der Waals surface area contributed by atoms with Crippen molar-refractivity contribution in [3.63, 3.8) is 0 Å². The molecule has 0 radical (unpaired) electrons. The summed E-state index contributed by atoms with van der Waals surface area (Å²) in [4.78, 5) is 16.9. The number of thiazole rings is 1. The first-order valence-electron chi connectivity index (χ1n) is 6.36. The third-order valence-corrected chi connectivity index (χ3v) is 3.90. The Hall–Kier alpha value is -1.60. The number of nitrogens with two attached hydrogens (primary N) is 1. The van der Waals surface area contributed by atoms with E-state index >= 15 is 0 Å². The second-order valence-electron chi connectivity index (χ2n) is 5.57. The average Bonchev–Trinajstić information content (AvgIpc) is 2.67. The van der Waals surface area contributed by atoms with Gasteiger partial charge in [0.05, 0.1) is 0 Å². The Morgan fingerprint density at radius 1 is 1.38 bits per heavy atom. The number of amides is 1. The van der Waals surface area contributed by atoms with Crippen LogP contribution in [0, 0.1) is 0 Å². The van der Waals surface area contributed by atoms with Crippen molar-refractivity contribution in [2.75, 3.05) is 16.4 Å². The summed E-state index contributed by atoms with van der Waals surface area (Å²) < 4.78 is 0.896. The molecule has 0 aliphatic rings. The van der Waals surface area contributed by atoms with Crippen LogP contribution in [0.25, 0.3) is 0 Å². The molecule has 0 saturated heterocycles. The maximum atomic E-state index is 12.3. The molecule has 112 valence electrons. The molecule has 4 N–H and O–H groups in total. The van der Waals surface area contributed by atoms with Gasteiger partial charge in [0, 0.05) is 15.7 Å². The number of rotatable bonds is 3. The Kier molecular flexibility index (Phi) is 4.53. The molecule has 0 unspecified atom stereocenters. The summed E-state index contributed by atoms with van der Waals surface area (Å²) in [5.74, 6) is -0.0238. The van der Waals surface area contributed by atoms with Crippen molar-refractivity contribution in [2.24, 2.45) is 0 Å². The second-order valence-corrected chi connectivity index (χ2v) is 7.49. The smallest absolute Gasteiger partial charge is 0.269 e. The van der Waals surface area contributed by atoms with Gasteiger partial charge >= 0.3 is 0 Å². The molecule has 1 aromatic heterocycles. The van der Waals surface area contributed by atoms with Crippen LogP contribution in [0.2, 0.25) is 0 Å². The van der Waals surface area contributed by atoms with Gasteiger partial charge in [0.1, 0.15) is 10.7 Å². The third-order valence-electron chi connectivity index (χ3n) is 2.42. The number of hydrogen-bond acceptors (Lipinski definition) is 5. The van der Waals surface area contributed by atoms with Gasteiger partial charge in [-0.05, 0) is 39.0 Å². The number of carbonyl (C=O) groups excluding carboxylic acids is 1. The summed E-state index contributed by atoms with van der Waals surface area (Å²) in [6, 6.07) is 7.38. The van der Waals surface area contributed by atoms with Gasteiger partial charge in [-0.1, -0.05) is 33.3 Å². The molecule has 2 aromatic rings. The molecule has 0 saturated carbocycles. The fraction of sp³-hybridized carbons (Fsp3) is 0.286. The Balaban J connectivity index is 2.16. The zero-order valence-corrected chi connectivity index (χ0v) is 14.4. The first-order valence-corrected chi connectivity index (χ1v) is 7.97. The number of nitrogens with zero attached hydrogens (tertiary/aromatic N) is 1. The molecule has 0 bridgehead atoms. The van der Waals surface area contributed by atoms with E-state index in [1.54, 1.807) is 0 Å². The van der Waals surface area contributed by atoms with Crippen LogP contribution >= 0.6 is 27.3 Å². The van der Waals surface area contributed by atoms with Crippen LogP contribution in [0.3, 0.4) is 0 Å². The largest absolute Gasteiger partial charge is 0.382 e. The van der Waals surface area contributed by atoms with E-state index < -0.39 is 0 Å². The van der Waals surface area contributed by atoms with Crippen LogP contribution in [0.1, 0.15) is 30.4 Å². The standard InChI is InChI=1S/C14H17BrN4OS/c1-14(2,3)19-13-18-11(16)10(21-13)12(20)17-9-6-4-5-8(15)7-9/h4-7H,16H2,1-3H3,(H,17,20)(H,18,19). The van der Waals surface area contributed by atoms with Crippen LogP contribution in [0.4, 0.5) is 16.6 Å². The lowest BCUT2D eigenvalue weighted by Crippen LogP contribution is -2.25. The van der Waals surface area contributed by atoms with E-state index in [4.69, 9.17) is 5.73 Å². The van der Waals surface area contributed by atoms with E-state index in [0.29, 0.717) is 15.7 Å². The van der Waals surface area contributed by atoms with Gasteiger partial charge in [0.25, 0.3) is 5.91 Å². The third kappa shape index (κ3) is 4.44. The monoisotopic (exact) mass is 368 g/mol. The number of anilines is 3. The van der Waals surface area contributed by atoms with Crippen LogP contribution in [-0.2, 0) is 0 Å². The molecule has 0 aliphatic carbocycles. The van der Waals surface area contributed by atoms with Crippen molar-refractivity contribution in [2.45, 2.75) is 26.3 Å². The summed E-state index contributed by atoms with van der Waals surface area (Å²) in [6.45, 7) is 6.06. The van der Waals surface area contributed by atoms with Crippen LogP contribution < -0.4 is 16.4 Å². The topological polar surface area (TPSA) is 80.0 Å². The molecule has 5 nitrogen and oxygen atoms in total. The Labute approximate surface area is 136 Å². The summed E-state index contributed by atoms with van der Waals surface area (Å²) in [5, 5.41) is 6.66. The fourth-order valence-electron chi connectivity index (χ4n) is 1.62. The maximum absolute atomic E-state index is 12.3. The summed E-state index contributed by atoms with van der Waals surface area (Å²) >= 11 is 4.61. The lowest BCUT2D eigenvalue weighted by Gasteiger charge is -2.19. The molecule has 21 heavy (non-hydrogen) atoms. The summed E-state index contributed by atoms with van der Waals surface area (Å²) in [7, 11) is 0. The lowest BCUT2D eigenvalue weighted by atomic mass is 10.1. The minimum absolute atomic E-state index is 0.137. The van der Waals surface area contributed by atoms with E-state index in [1.807, 2.05) is 45.0 Å². The number of benzene rings is 1. The molecule has 0 spiro atoms. The molecule has 7 heteroatoms. The molecule has 1 aromatic carbocycles. The molecule has 1 amide bonds. The number of halogens is 1. The van der Waals surface area contributed by atoms with E-state index in [9.17, 15) is 4.79 Å². The van der Waals surface area contributed by atoms with Gasteiger partial charge in [-0.2, -0.15) is 0 Å². The van der Waals surface area contributed by atoms with Crippen molar-refractivity contribution in [1.82, 2.24) is 4.98 Å². The molecule has 0 atom stereocenters. The van der Waals surface area contributed by atoms with Crippen LogP contribution in [0.15, 0.2) is 28.7 Å². The zero-order chi connectivity index (χ0) is 15.6. The predicted molar refractivity (Wildman–Crippen MR) is 92.0 cm³/mol. The quantitative estimate of drug-likeness (QED) is 0.765. The summed E-state index contributed by atoms with van der Waals surface area (Å²) in [5.41, 5.74) is 6.40. The normalized spacial score (nSPS) is 11.2. The van der Waals surface area contributed by atoms with Crippen molar-refractivity contribution in [3.8, 4) is 0 Å². The molecule has 0 fully saturated rings. The number of carbonyl (C=O) groups is 1. The number of aromatic nitrogens is 1. The van der Waals surface area contributed by atoms with Gasteiger partial charge in [-0.15, -0.1) is 0 Å². The summed E-state index contributed by atoms with van der Waals surface area (Å²) in [6.07, 6.45) is 0. The average molecular weight is 369 g/mol. The minimum Gasteiger partial charge on any atom is -0.382 e. The van der Waals surface area contributed by atoms with Crippen molar-refractivity contribution in [3.05, 3.63) is 33.6 Å². The highest BCUT2D eigenvalue weighted by molar-refractivity contribution is 9.10. The van der Waals surface area contributed by atoms with Crippen molar-refractivity contribution >= 4 is 49.8 Å². The molecule has 0 aliphatic heterocycles. The van der Waals surface area contributed by atoms with Crippen molar-refractivity contribution < 1.29 is 4.79 Å². The van der Waals surface area contributed by atoms with E-state index in [-0.39, 0.29) is 17.3 Å². The first kappa shape index (κ1) is 15.8. The molecule has 1 heterocycles. The van der Waals surface area contributed by atoms with Crippen molar-refractivity contribution in [1.29, 1.82) is 0 Å². The predicted octanol–water partition coefficient (Wildman–Crippen LogP) is 3.95. The Morgan fingerprint density at radius 2 is 2.10 bits per heavy atom. The lowest BCUT2D eigenvalue weighted by molar-refractivity contribution is 0.103. The molecular formula is C14H17BrN4OS. The van der Waals surface area contributed by atoms with E-state index in [1.165, 1.54) is 11.3 Å². The van der Waals surface area contributed by atoms with Gasteiger partial charge in [-0.3, -0.25) is 4.79 Å². The number of nitrogens with one attached hydrogen (secondary N) is 2. The SMILES string of the molecule is CC(C)(C)Nc1nc(N)c(C(=O)Nc2cccc(Br)c2)s1. The van der Waals surface area contributed by atoms with Gasteiger partial charge < -0.3 is 16.4 Å². The Bertz CT molecular complexity index is 663. The zero-order valence-electron chi connectivity index (χ0n) is 12.0. The number of nitrogen functional groups attached to an aromatic ring is 1. The van der Waals surface area contributed by atoms with Crippen LogP contribution in [-0.4, -0.2) is 16.4 Å². The van der Waals surface area contributed by atoms with Gasteiger partial charge in [-0.25, -0.2) is 4.98 Å². The fourth-order valence-corrected chi connectivity index (χ4v) is 3.01. The Morgan fingerprint density at radius 3 is 2.71 bits per heavy atom. The van der Waals surface area contributed by atoms with Gasteiger partial charge in [0.2, 0.25) is 0 Å². The molecular weight excluding hydrogens is 352 g/mol. The van der Waals surface area contributed by atoms with Crippen LogP contribution in [0.5, 0.6) is 0 Å². The maximum Gasteiger partial charge on any atom is 0.269 e. The minimum atomic E-state index is -0.259. The highest BCUT2D eigenvalue weighted by atomic mass is 79.9. The highest BCUT2D eigenvalue weighted by Gasteiger charge is 2.19. The van der Waals surface area contributed by atoms with E-state index in [0.717, 1.165) is 4.47 Å². The van der Waals surface area contributed by atoms with E-state index in [2.05, 4.69) is 31.5 Å². The first-order chi connectivity index (χ1) is 9.74. The highest BCUT2D eigenvalue weighted by Crippen LogP contribution is 2.28. The van der Waals surface area contributed by atoms with Gasteiger partial charge in [0.15, 0.2) is 5.13 Å². The number of hydrogen-bond donors (Lipinski definition) is 3. The second kappa shape index (κ2) is 6.03.